The molecule has 0 aromatic heterocycles. The van der Waals surface area contributed by atoms with Crippen LogP contribution in [0.2, 0.25) is 0 Å². The first kappa shape index (κ1) is 18.6. The fourth-order valence-electron chi connectivity index (χ4n) is 1.66. The zero-order valence-corrected chi connectivity index (χ0v) is 15.5. The molecule has 3 nitrogen and oxygen atoms in total. The number of aryl methyl sites for hydroxylation is 1. The molecule has 0 aliphatic rings. The summed E-state index contributed by atoms with van der Waals surface area (Å²) in [6.45, 7) is 5.81. The van der Waals surface area contributed by atoms with E-state index in [1.807, 2.05) is 19.0 Å². The fraction of sp³-hybridized carbons (Fsp3) is 0.500. The van der Waals surface area contributed by atoms with Gasteiger partial charge in [-0.25, -0.2) is 4.99 Å². The van der Waals surface area contributed by atoms with Gasteiger partial charge >= 0.3 is 0 Å². The first-order valence-corrected chi connectivity index (χ1v) is 7.40. The van der Waals surface area contributed by atoms with Gasteiger partial charge < -0.3 is 10.2 Å². The van der Waals surface area contributed by atoms with Crippen LogP contribution in [0.25, 0.3) is 0 Å². The smallest absolute Gasteiger partial charge is 0.193 e. The van der Waals surface area contributed by atoms with Crippen molar-refractivity contribution in [3.8, 4) is 0 Å². The number of guanidine groups is 1. The van der Waals surface area contributed by atoms with E-state index in [0.717, 1.165) is 19.0 Å². The van der Waals surface area contributed by atoms with Crippen molar-refractivity contribution in [3.05, 3.63) is 29.3 Å². The van der Waals surface area contributed by atoms with Gasteiger partial charge in [-0.3, -0.25) is 0 Å². The molecule has 0 saturated carbocycles. The summed E-state index contributed by atoms with van der Waals surface area (Å²) in [7, 11) is 4.01. The monoisotopic (exact) mass is 393 g/mol. The van der Waals surface area contributed by atoms with Crippen molar-refractivity contribution >= 4 is 41.7 Å². The van der Waals surface area contributed by atoms with Crippen LogP contribution in [-0.4, -0.2) is 37.8 Å². The summed E-state index contributed by atoms with van der Waals surface area (Å²) in [4.78, 5) is 7.96. The number of halogens is 1. The molecule has 5 heteroatoms. The Bertz CT molecular complexity index is 419. The highest BCUT2D eigenvalue weighted by atomic mass is 127. The molecule has 0 aliphatic heterocycles. The van der Waals surface area contributed by atoms with Crippen molar-refractivity contribution in [1.29, 1.82) is 0 Å². The molecule has 1 aromatic rings. The molecular weight excluding hydrogens is 369 g/mol. The van der Waals surface area contributed by atoms with Crippen LogP contribution >= 0.6 is 35.7 Å². The van der Waals surface area contributed by atoms with Gasteiger partial charge in [0.2, 0.25) is 0 Å². The number of aliphatic imine (C=N–C) groups is 1. The summed E-state index contributed by atoms with van der Waals surface area (Å²) in [5.74, 6) is 0.935. The second-order valence-electron chi connectivity index (χ2n) is 4.38. The normalized spacial score (nSPS) is 10.9. The van der Waals surface area contributed by atoms with E-state index in [-0.39, 0.29) is 24.0 Å². The molecule has 0 bridgehead atoms. The Morgan fingerprint density at radius 2 is 2.05 bits per heavy atom. The van der Waals surface area contributed by atoms with Crippen LogP contribution in [0.3, 0.4) is 0 Å². The van der Waals surface area contributed by atoms with Gasteiger partial charge in [0, 0.05) is 25.5 Å². The van der Waals surface area contributed by atoms with Crippen molar-refractivity contribution in [2.45, 2.75) is 25.3 Å². The lowest BCUT2D eigenvalue weighted by Crippen LogP contribution is -2.36. The molecule has 19 heavy (non-hydrogen) atoms. The van der Waals surface area contributed by atoms with Crippen molar-refractivity contribution in [2.75, 3.05) is 26.9 Å². The van der Waals surface area contributed by atoms with Gasteiger partial charge in [-0.15, -0.1) is 35.7 Å². The highest BCUT2D eigenvalue weighted by Gasteiger charge is 2.03. The molecule has 0 fully saturated rings. The summed E-state index contributed by atoms with van der Waals surface area (Å²) < 4.78 is 0. The Hall–Kier alpha value is -0.430. The van der Waals surface area contributed by atoms with E-state index >= 15 is 0 Å². The number of benzene rings is 1. The number of nitrogens with one attached hydrogen (secondary N) is 1. The molecule has 1 N–H and O–H groups in total. The first-order valence-electron chi connectivity index (χ1n) is 6.17. The SMILES string of the molecule is CCNC(=NCc1ccc(C)cc1SC)N(C)C.I. The molecule has 0 aliphatic carbocycles. The standard InChI is InChI=1S/C14H23N3S.HI/c1-6-15-14(17(3)4)16-10-12-8-7-11(2)9-13(12)18-5;/h7-9H,6,10H2,1-5H3,(H,15,16);1H. The third-order valence-electron chi connectivity index (χ3n) is 2.60. The molecule has 0 amide bonds. The minimum Gasteiger partial charge on any atom is -0.357 e. The van der Waals surface area contributed by atoms with Gasteiger partial charge in [0.25, 0.3) is 0 Å². The summed E-state index contributed by atoms with van der Waals surface area (Å²) >= 11 is 1.78. The minimum atomic E-state index is 0. The summed E-state index contributed by atoms with van der Waals surface area (Å²) in [5, 5.41) is 3.27. The van der Waals surface area contributed by atoms with Crippen molar-refractivity contribution in [2.24, 2.45) is 4.99 Å². The molecule has 0 saturated heterocycles. The van der Waals surface area contributed by atoms with Crippen LogP contribution in [-0.2, 0) is 6.54 Å². The van der Waals surface area contributed by atoms with E-state index in [1.165, 1.54) is 16.0 Å². The lowest BCUT2D eigenvalue weighted by Gasteiger charge is -2.17. The van der Waals surface area contributed by atoms with E-state index < -0.39 is 0 Å². The van der Waals surface area contributed by atoms with Crippen molar-refractivity contribution < 1.29 is 0 Å². The second-order valence-corrected chi connectivity index (χ2v) is 5.23. The maximum Gasteiger partial charge on any atom is 0.193 e. The Kier molecular flexibility index (Phi) is 9.26. The average Bonchev–Trinajstić information content (AvgIpc) is 2.35. The van der Waals surface area contributed by atoms with Gasteiger partial charge in [0.1, 0.15) is 0 Å². The zero-order chi connectivity index (χ0) is 13.5. The van der Waals surface area contributed by atoms with Crippen LogP contribution in [0.1, 0.15) is 18.1 Å². The van der Waals surface area contributed by atoms with Gasteiger partial charge in [0.05, 0.1) is 6.54 Å². The molecule has 1 aromatic carbocycles. The Morgan fingerprint density at radius 1 is 1.37 bits per heavy atom. The zero-order valence-electron chi connectivity index (χ0n) is 12.4. The highest BCUT2D eigenvalue weighted by molar-refractivity contribution is 14.0. The molecule has 0 atom stereocenters. The Labute approximate surface area is 138 Å². The topological polar surface area (TPSA) is 27.6 Å². The van der Waals surface area contributed by atoms with Crippen LogP contribution < -0.4 is 5.32 Å². The molecule has 0 heterocycles. The fourth-order valence-corrected chi connectivity index (χ4v) is 2.35. The maximum absolute atomic E-state index is 4.64. The maximum atomic E-state index is 4.64. The number of thioether (sulfide) groups is 1. The molecule has 0 spiro atoms. The van der Waals surface area contributed by atoms with Gasteiger partial charge in [-0.1, -0.05) is 12.1 Å². The Morgan fingerprint density at radius 3 is 2.58 bits per heavy atom. The lowest BCUT2D eigenvalue weighted by molar-refractivity contribution is 0.583. The van der Waals surface area contributed by atoms with Crippen molar-refractivity contribution in [3.63, 3.8) is 0 Å². The van der Waals surface area contributed by atoms with E-state index in [2.05, 4.69) is 48.6 Å². The van der Waals surface area contributed by atoms with Crippen LogP contribution in [0.4, 0.5) is 0 Å². The van der Waals surface area contributed by atoms with Gasteiger partial charge in [-0.2, -0.15) is 0 Å². The highest BCUT2D eigenvalue weighted by Crippen LogP contribution is 2.22. The largest absolute Gasteiger partial charge is 0.357 e. The number of rotatable bonds is 4. The molecule has 0 radical (unpaired) electrons. The summed E-state index contributed by atoms with van der Waals surface area (Å²) in [6, 6.07) is 6.54. The van der Waals surface area contributed by atoms with Crippen LogP contribution in [0.15, 0.2) is 28.1 Å². The minimum absolute atomic E-state index is 0. The predicted molar refractivity (Wildman–Crippen MR) is 96.9 cm³/mol. The molecule has 108 valence electrons. The van der Waals surface area contributed by atoms with E-state index in [1.54, 1.807) is 11.8 Å². The predicted octanol–water partition coefficient (Wildman–Crippen LogP) is 3.36. The quantitative estimate of drug-likeness (QED) is 0.368. The molecule has 1 rings (SSSR count). The van der Waals surface area contributed by atoms with E-state index in [4.69, 9.17) is 0 Å². The van der Waals surface area contributed by atoms with E-state index in [9.17, 15) is 0 Å². The van der Waals surface area contributed by atoms with Crippen molar-refractivity contribution in [1.82, 2.24) is 10.2 Å². The second kappa shape index (κ2) is 9.47. The third-order valence-corrected chi connectivity index (χ3v) is 3.42. The third kappa shape index (κ3) is 6.03. The number of hydrogen-bond acceptors (Lipinski definition) is 2. The summed E-state index contributed by atoms with van der Waals surface area (Å²) in [5.41, 5.74) is 2.58. The van der Waals surface area contributed by atoms with Gasteiger partial charge in [0.15, 0.2) is 5.96 Å². The number of hydrogen-bond donors (Lipinski definition) is 1. The summed E-state index contributed by atoms with van der Waals surface area (Å²) in [6.07, 6.45) is 2.11. The van der Waals surface area contributed by atoms with Crippen LogP contribution in [0.5, 0.6) is 0 Å². The Balaban J connectivity index is 0.00000324. The van der Waals surface area contributed by atoms with Crippen LogP contribution in [0, 0.1) is 6.92 Å². The number of nitrogens with zero attached hydrogens (tertiary/aromatic N) is 2. The molecule has 0 unspecified atom stereocenters. The first-order chi connectivity index (χ1) is 8.58. The lowest BCUT2D eigenvalue weighted by atomic mass is 10.1. The van der Waals surface area contributed by atoms with Gasteiger partial charge in [-0.05, 0) is 37.3 Å². The van der Waals surface area contributed by atoms with E-state index in [0.29, 0.717) is 0 Å². The molecular formula is C14H24IN3S. The average molecular weight is 393 g/mol.